The minimum atomic E-state index is -3.65. The number of pyridine rings is 1. The van der Waals surface area contributed by atoms with Crippen molar-refractivity contribution in [1.29, 1.82) is 0 Å². The van der Waals surface area contributed by atoms with Crippen molar-refractivity contribution in [2.45, 2.75) is 11.7 Å². The van der Waals surface area contributed by atoms with E-state index in [2.05, 4.69) is 10.3 Å². The van der Waals surface area contributed by atoms with Crippen molar-refractivity contribution in [3.63, 3.8) is 0 Å². The second-order valence-electron chi connectivity index (χ2n) is 6.87. The van der Waals surface area contributed by atoms with Gasteiger partial charge in [-0.25, -0.2) is 13.4 Å². The van der Waals surface area contributed by atoms with Crippen LogP contribution in [-0.2, 0) is 16.4 Å². The molecule has 0 saturated carbocycles. The maximum Gasteiger partial charge on any atom is 0.261 e. The van der Waals surface area contributed by atoms with Crippen LogP contribution in [0.15, 0.2) is 76.9 Å². The van der Waals surface area contributed by atoms with E-state index < -0.39 is 9.84 Å². The van der Waals surface area contributed by atoms with Crippen LogP contribution in [0.4, 0.5) is 0 Å². The molecule has 164 valence electrons. The number of benzene rings is 1. The minimum absolute atomic E-state index is 0.0430. The molecule has 0 unspecified atom stereocenters. The number of thiophene rings is 1. The number of nitrogens with one attached hydrogen (secondary N) is 1. The minimum Gasteiger partial charge on any atom is -0.346 e. The summed E-state index contributed by atoms with van der Waals surface area (Å²) in [5.74, 6) is -0.324. The summed E-state index contributed by atoms with van der Waals surface area (Å²) < 4.78 is 28.0. The second kappa shape index (κ2) is 8.73. The van der Waals surface area contributed by atoms with Crippen molar-refractivity contribution in [2.75, 3.05) is 6.26 Å². The van der Waals surface area contributed by atoms with Crippen LogP contribution in [0.2, 0.25) is 4.34 Å². The third-order valence-electron chi connectivity index (χ3n) is 4.51. The molecule has 1 N–H and O–H groups in total. The summed E-state index contributed by atoms with van der Waals surface area (Å²) >= 11 is 7.01. The summed E-state index contributed by atoms with van der Waals surface area (Å²) in [5, 5.41) is 2.57. The lowest BCUT2D eigenvalue weighted by molar-refractivity contribution is 0.0954. The predicted molar refractivity (Wildman–Crippen MR) is 123 cm³/mol. The number of rotatable bonds is 6. The van der Waals surface area contributed by atoms with Gasteiger partial charge < -0.3 is 5.32 Å². The van der Waals surface area contributed by atoms with E-state index in [0.29, 0.717) is 26.3 Å². The fraction of sp³-hybridized carbons (Fsp3) is 0.0952. The van der Waals surface area contributed by atoms with E-state index in [1.165, 1.54) is 15.2 Å². The Hall–Kier alpha value is -3.21. The molecule has 0 atom stereocenters. The van der Waals surface area contributed by atoms with Gasteiger partial charge in [0.15, 0.2) is 0 Å². The zero-order chi connectivity index (χ0) is 22.9. The molecule has 0 radical (unpaired) electrons. The van der Waals surface area contributed by atoms with Crippen LogP contribution in [-0.4, -0.2) is 34.7 Å². The van der Waals surface area contributed by atoms with E-state index in [1.807, 2.05) is 0 Å². The van der Waals surface area contributed by atoms with Crippen molar-refractivity contribution in [3.05, 3.63) is 92.3 Å². The molecular weight excluding hydrogens is 472 g/mol. The number of carbonyl (C=O) groups is 1. The molecule has 0 saturated heterocycles. The van der Waals surface area contributed by atoms with Gasteiger partial charge in [0.25, 0.3) is 11.5 Å². The zero-order valence-corrected chi connectivity index (χ0v) is 19.1. The lowest BCUT2D eigenvalue weighted by atomic mass is 10.2. The topological polar surface area (TPSA) is 103 Å². The molecule has 3 heterocycles. The van der Waals surface area contributed by atoms with Gasteiger partial charge in [0.05, 0.1) is 21.5 Å². The maximum absolute atomic E-state index is 12.3. The molecular formula is C21H17ClN4O4S2. The Morgan fingerprint density at radius 1 is 1.06 bits per heavy atom. The Morgan fingerprint density at radius 2 is 1.75 bits per heavy atom. The summed E-state index contributed by atoms with van der Waals surface area (Å²) in [6.07, 6.45) is 4.28. The predicted octanol–water partition coefficient (Wildman–Crippen LogP) is 3.07. The highest BCUT2D eigenvalue weighted by atomic mass is 35.5. The van der Waals surface area contributed by atoms with Crippen molar-refractivity contribution in [3.8, 4) is 11.4 Å². The third-order valence-corrected chi connectivity index (χ3v) is 6.69. The number of amides is 1. The van der Waals surface area contributed by atoms with Gasteiger partial charge in [-0.15, -0.1) is 11.3 Å². The summed E-state index contributed by atoms with van der Waals surface area (Å²) in [6, 6.07) is 14.9. The maximum atomic E-state index is 12.3. The average molecular weight is 489 g/mol. The molecule has 0 aliphatic rings. The molecule has 0 bridgehead atoms. The summed E-state index contributed by atoms with van der Waals surface area (Å²) in [6.45, 7) is 0.0430. The van der Waals surface area contributed by atoms with Crippen LogP contribution >= 0.6 is 22.9 Å². The van der Waals surface area contributed by atoms with Gasteiger partial charge in [-0.1, -0.05) is 17.7 Å². The number of hydrogen-bond acceptors (Lipinski definition) is 6. The highest BCUT2D eigenvalue weighted by Gasteiger charge is 2.19. The van der Waals surface area contributed by atoms with Crippen LogP contribution in [0, 0.1) is 0 Å². The van der Waals surface area contributed by atoms with Gasteiger partial charge >= 0.3 is 0 Å². The molecule has 1 amide bonds. The number of imidazole rings is 1. The van der Waals surface area contributed by atoms with E-state index in [-0.39, 0.29) is 23.2 Å². The Kier molecular flexibility index (Phi) is 6.00. The van der Waals surface area contributed by atoms with Crippen LogP contribution in [0.25, 0.3) is 11.4 Å². The van der Waals surface area contributed by atoms with E-state index in [9.17, 15) is 18.0 Å². The van der Waals surface area contributed by atoms with Crippen LogP contribution in [0.3, 0.4) is 0 Å². The molecule has 8 nitrogen and oxygen atoms in total. The van der Waals surface area contributed by atoms with Crippen molar-refractivity contribution in [2.24, 2.45) is 0 Å². The smallest absolute Gasteiger partial charge is 0.261 e. The first-order valence-electron chi connectivity index (χ1n) is 9.33. The fourth-order valence-electron chi connectivity index (χ4n) is 3.05. The molecule has 4 rings (SSSR count). The number of hydrogen-bond donors (Lipinski definition) is 1. The molecule has 0 spiro atoms. The lowest BCUT2D eigenvalue weighted by Gasteiger charge is -2.09. The van der Waals surface area contributed by atoms with Gasteiger partial charge in [0.2, 0.25) is 15.0 Å². The molecule has 3 aromatic heterocycles. The van der Waals surface area contributed by atoms with Crippen molar-refractivity contribution < 1.29 is 13.2 Å². The zero-order valence-electron chi connectivity index (χ0n) is 16.7. The molecule has 0 aliphatic carbocycles. The van der Waals surface area contributed by atoms with Gasteiger partial charge in [-0.3, -0.25) is 18.7 Å². The van der Waals surface area contributed by atoms with Gasteiger partial charge in [0, 0.05) is 36.1 Å². The highest BCUT2D eigenvalue weighted by molar-refractivity contribution is 7.90. The summed E-state index contributed by atoms with van der Waals surface area (Å²) in [7, 11) is -3.65. The summed E-state index contributed by atoms with van der Waals surface area (Å²) in [5.41, 5.74) is 1.39. The fourth-order valence-corrected chi connectivity index (χ4v) is 4.81. The van der Waals surface area contributed by atoms with Crippen LogP contribution in [0.1, 0.15) is 15.4 Å². The Labute approximate surface area is 192 Å². The highest BCUT2D eigenvalue weighted by Crippen LogP contribution is 2.22. The quantitative estimate of drug-likeness (QED) is 0.449. The van der Waals surface area contributed by atoms with E-state index in [0.717, 1.165) is 17.6 Å². The molecule has 11 heteroatoms. The molecule has 32 heavy (non-hydrogen) atoms. The van der Waals surface area contributed by atoms with Crippen molar-refractivity contribution in [1.82, 2.24) is 19.4 Å². The normalized spacial score (nSPS) is 11.4. The number of carbonyl (C=O) groups excluding carboxylic acids is 1. The molecule has 1 aromatic carbocycles. The Morgan fingerprint density at radius 3 is 2.34 bits per heavy atom. The molecule has 0 aliphatic heterocycles. The van der Waals surface area contributed by atoms with Gasteiger partial charge in [-0.2, -0.15) is 0 Å². The van der Waals surface area contributed by atoms with E-state index >= 15 is 0 Å². The first-order valence-corrected chi connectivity index (χ1v) is 12.4. The Bertz CT molecular complexity index is 1450. The number of sulfone groups is 1. The van der Waals surface area contributed by atoms with E-state index in [1.54, 1.807) is 60.9 Å². The first kappa shape index (κ1) is 22.0. The number of nitrogens with zero attached hydrogens (tertiary/aromatic N) is 3. The van der Waals surface area contributed by atoms with Gasteiger partial charge in [-0.05, 0) is 42.5 Å². The lowest BCUT2D eigenvalue weighted by Crippen LogP contribution is -2.22. The van der Waals surface area contributed by atoms with Crippen LogP contribution < -0.4 is 10.9 Å². The number of aromatic nitrogens is 3. The first-order chi connectivity index (χ1) is 15.2. The Balaban J connectivity index is 1.62. The SMILES string of the molecule is CS(=O)(=O)c1nc(CNC(=O)c2ccc(Cl)s2)cn1-c1ccc(-n2ccccc2=O)cc1. The second-order valence-corrected chi connectivity index (χ2v) is 10.5. The third kappa shape index (κ3) is 4.67. The standard InChI is InChI=1S/C21H17ClN4O4S2/c1-32(29,30)21-24-14(12-23-20(28)17-9-10-18(22)31-17)13-26(21)16-7-5-15(6-8-16)25-11-3-2-4-19(25)27/h2-11,13H,12H2,1H3,(H,23,28). The van der Waals surface area contributed by atoms with Crippen molar-refractivity contribution >= 4 is 38.7 Å². The van der Waals surface area contributed by atoms with E-state index in [4.69, 9.17) is 11.6 Å². The largest absolute Gasteiger partial charge is 0.346 e. The number of halogens is 1. The molecule has 0 fully saturated rings. The average Bonchev–Trinajstić information content (AvgIpc) is 3.39. The monoisotopic (exact) mass is 488 g/mol. The molecule has 4 aromatic rings. The van der Waals surface area contributed by atoms with Crippen LogP contribution in [0.5, 0.6) is 0 Å². The summed E-state index contributed by atoms with van der Waals surface area (Å²) in [4.78, 5) is 28.9. The van der Waals surface area contributed by atoms with Gasteiger partial charge in [0.1, 0.15) is 0 Å².